The van der Waals surface area contributed by atoms with Crippen LogP contribution in [0, 0.1) is 11.7 Å². The van der Waals surface area contributed by atoms with Gasteiger partial charge in [0.15, 0.2) is 11.5 Å². The number of hydrogen-bond donors (Lipinski definition) is 3. The Bertz CT molecular complexity index is 1260. The molecule has 0 bridgehead atoms. The Balaban J connectivity index is 1.69. The molecular weight excluding hydrogens is 559 g/mol. The van der Waals surface area contributed by atoms with Crippen LogP contribution in [0.4, 0.5) is 39.5 Å². The molecule has 2 aliphatic carbocycles. The number of hydrogen-bond acceptors (Lipinski definition) is 3. The topological polar surface area (TPSA) is 86.9 Å². The number of fused-ring (bicyclic) bond motifs is 1. The Hall–Kier alpha value is -3.00. The molecule has 2 atom stereocenters. The van der Waals surface area contributed by atoms with Crippen LogP contribution >= 0.6 is 0 Å². The van der Waals surface area contributed by atoms with Gasteiger partial charge in [0.25, 0.3) is 11.8 Å². The van der Waals surface area contributed by atoms with Gasteiger partial charge in [-0.3, -0.25) is 9.59 Å². The first-order chi connectivity index (χ1) is 18.4. The smallest absolute Gasteiger partial charge is 0.350 e. The van der Waals surface area contributed by atoms with Crippen molar-refractivity contribution < 1.29 is 49.1 Å². The minimum atomic E-state index is -4.96. The largest absolute Gasteiger partial charge is 0.390 e. The van der Waals surface area contributed by atoms with Gasteiger partial charge in [0.2, 0.25) is 11.8 Å². The first kappa shape index (κ1) is 30.0. The number of rotatable bonds is 9. The SMILES string of the molecule is CC(F)(F)CNC(=O)C(CC(F)(F)F)c1ccc2[nH]c(C(NC(=O)C3(F)CC3)C3CCC(F)(F)CC3)nc2c1F. The molecule has 1 aromatic carbocycles. The number of aromatic nitrogens is 2. The molecule has 222 valence electrons. The third kappa shape index (κ3) is 7.00. The second-order valence-electron chi connectivity index (χ2n) is 10.8. The van der Waals surface area contributed by atoms with E-state index in [0.29, 0.717) is 6.92 Å². The van der Waals surface area contributed by atoms with Gasteiger partial charge in [-0.15, -0.1) is 0 Å². The van der Waals surface area contributed by atoms with Gasteiger partial charge in [-0.2, -0.15) is 13.2 Å². The van der Waals surface area contributed by atoms with E-state index in [1.54, 1.807) is 5.32 Å². The molecule has 40 heavy (non-hydrogen) atoms. The molecule has 2 saturated carbocycles. The molecule has 0 radical (unpaired) electrons. The van der Waals surface area contributed by atoms with Crippen molar-refractivity contribution in [2.75, 3.05) is 6.54 Å². The van der Waals surface area contributed by atoms with Crippen LogP contribution in [0.25, 0.3) is 11.0 Å². The number of carbonyl (C=O) groups is 2. The summed E-state index contributed by atoms with van der Waals surface area (Å²) < 4.78 is 124. The molecule has 0 aliphatic heterocycles. The van der Waals surface area contributed by atoms with Crippen molar-refractivity contribution in [2.45, 2.75) is 87.5 Å². The van der Waals surface area contributed by atoms with Gasteiger partial charge in [0, 0.05) is 25.3 Å². The van der Waals surface area contributed by atoms with E-state index in [0.717, 1.165) is 12.1 Å². The zero-order valence-corrected chi connectivity index (χ0v) is 21.2. The van der Waals surface area contributed by atoms with Gasteiger partial charge < -0.3 is 15.6 Å². The predicted molar refractivity (Wildman–Crippen MR) is 124 cm³/mol. The van der Waals surface area contributed by atoms with Gasteiger partial charge in [0.1, 0.15) is 11.3 Å². The predicted octanol–water partition coefficient (Wildman–Crippen LogP) is 5.99. The molecule has 2 unspecified atom stereocenters. The van der Waals surface area contributed by atoms with Crippen molar-refractivity contribution in [2.24, 2.45) is 5.92 Å². The Kier molecular flexibility index (Phi) is 7.82. The van der Waals surface area contributed by atoms with Gasteiger partial charge in [0.05, 0.1) is 30.4 Å². The number of amides is 2. The van der Waals surface area contributed by atoms with E-state index in [1.165, 1.54) is 0 Å². The minimum Gasteiger partial charge on any atom is -0.350 e. The Morgan fingerprint density at radius 1 is 1.07 bits per heavy atom. The normalized spacial score (nSPS) is 20.6. The van der Waals surface area contributed by atoms with Crippen LogP contribution < -0.4 is 10.6 Å². The molecule has 0 saturated heterocycles. The van der Waals surface area contributed by atoms with E-state index in [1.807, 2.05) is 0 Å². The van der Waals surface area contributed by atoms with E-state index in [-0.39, 0.29) is 37.0 Å². The summed E-state index contributed by atoms with van der Waals surface area (Å²) in [5, 5.41) is 4.18. The number of nitrogens with one attached hydrogen (secondary N) is 3. The van der Waals surface area contributed by atoms with Crippen molar-refractivity contribution in [3.8, 4) is 0 Å². The molecule has 15 heteroatoms. The van der Waals surface area contributed by atoms with E-state index < -0.39 is 96.1 Å². The number of halogens is 9. The second-order valence-corrected chi connectivity index (χ2v) is 10.8. The van der Waals surface area contributed by atoms with Crippen molar-refractivity contribution in [1.82, 2.24) is 20.6 Å². The second kappa shape index (κ2) is 10.4. The molecule has 1 aromatic heterocycles. The molecule has 4 rings (SSSR count). The minimum absolute atomic E-state index is 0.0287. The number of carbonyl (C=O) groups excluding carboxylic acids is 2. The fourth-order valence-corrected chi connectivity index (χ4v) is 4.85. The van der Waals surface area contributed by atoms with Crippen molar-refractivity contribution in [3.05, 3.63) is 29.3 Å². The molecule has 2 fully saturated rings. The lowest BCUT2D eigenvalue weighted by atomic mass is 9.81. The van der Waals surface area contributed by atoms with E-state index in [9.17, 15) is 44.7 Å². The third-order valence-corrected chi connectivity index (χ3v) is 7.25. The maximum absolute atomic E-state index is 15.6. The summed E-state index contributed by atoms with van der Waals surface area (Å²) in [7, 11) is 0. The lowest BCUT2D eigenvalue weighted by molar-refractivity contribution is -0.148. The summed E-state index contributed by atoms with van der Waals surface area (Å²) in [5.41, 5.74) is -3.44. The van der Waals surface area contributed by atoms with E-state index >= 15 is 4.39 Å². The Morgan fingerprint density at radius 3 is 2.25 bits per heavy atom. The van der Waals surface area contributed by atoms with Crippen LogP contribution in [0.5, 0.6) is 0 Å². The monoisotopic (exact) mass is 586 g/mol. The number of H-pyrrole nitrogens is 1. The summed E-state index contributed by atoms with van der Waals surface area (Å²) in [6.07, 6.45) is -8.02. The van der Waals surface area contributed by atoms with Gasteiger partial charge in [-0.1, -0.05) is 6.07 Å². The summed E-state index contributed by atoms with van der Waals surface area (Å²) in [6, 6.07) is 0.879. The van der Waals surface area contributed by atoms with Gasteiger partial charge in [-0.25, -0.2) is 31.3 Å². The Labute approximate surface area is 222 Å². The first-order valence-corrected chi connectivity index (χ1v) is 12.7. The van der Waals surface area contributed by atoms with Gasteiger partial charge >= 0.3 is 6.18 Å². The molecule has 2 aromatic rings. The average Bonchev–Trinajstić information content (AvgIpc) is 3.44. The van der Waals surface area contributed by atoms with Crippen LogP contribution in [0.1, 0.15) is 75.2 Å². The number of benzene rings is 1. The highest BCUT2D eigenvalue weighted by molar-refractivity contribution is 5.88. The highest BCUT2D eigenvalue weighted by atomic mass is 19.4. The highest BCUT2D eigenvalue weighted by Crippen LogP contribution is 2.44. The fourth-order valence-electron chi connectivity index (χ4n) is 4.85. The summed E-state index contributed by atoms with van der Waals surface area (Å²) in [6.45, 7) is -0.824. The third-order valence-electron chi connectivity index (χ3n) is 7.25. The standard InChI is InChI=1S/C25H27F9N4O2/c1-22(27,28)11-35-20(39)14(10-25(32,33)34)13-2-3-15-18(16(13)26)37-19(36-15)17(38-21(40)23(29)8-9-23)12-4-6-24(30,31)7-5-12/h2-3,12,14,17H,4-11H2,1H3,(H,35,39)(H,36,37)(H,38,40). The first-order valence-electron chi connectivity index (χ1n) is 12.7. The lowest BCUT2D eigenvalue weighted by Crippen LogP contribution is -2.41. The number of alkyl halides is 8. The summed E-state index contributed by atoms with van der Waals surface area (Å²) >= 11 is 0. The maximum Gasteiger partial charge on any atom is 0.390 e. The van der Waals surface area contributed by atoms with Gasteiger partial charge in [-0.05, 0) is 37.7 Å². The molecule has 0 spiro atoms. The summed E-state index contributed by atoms with van der Waals surface area (Å²) in [5.74, 6) is -13.1. The van der Waals surface area contributed by atoms with Crippen LogP contribution in [0.2, 0.25) is 0 Å². The van der Waals surface area contributed by atoms with Crippen molar-refractivity contribution >= 4 is 22.8 Å². The molecule has 6 nitrogen and oxygen atoms in total. The van der Waals surface area contributed by atoms with E-state index in [2.05, 4.69) is 15.3 Å². The van der Waals surface area contributed by atoms with Crippen LogP contribution in [0.3, 0.4) is 0 Å². The highest BCUT2D eigenvalue weighted by Gasteiger charge is 2.52. The van der Waals surface area contributed by atoms with Crippen molar-refractivity contribution in [1.29, 1.82) is 0 Å². The molecule has 2 aliphatic rings. The zero-order chi connectivity index (χ0) is 29.7. The summed E-state index contributed by atoms with van der Waals surface area (Å²) in [4.78, 5) is 31.8. The molecule has 3 N–H and O–H groups in total. The van der Waals surface area contributed by atoms with Crippen LogP contribution in [0.15, 0.2) is 12.1 Å². The molecule has 1 heterocycles. The quantitative estimate of drug-likeness (QED) is 0.316. The van der Waals surface area contributed by atoms with Crippen molar-refractivity contribution in [3.63, 3.8) is 0 Å². The molecular formula is C25H27F9N4O2. The Morgan fingerprint density at radius 2 is 1.70 bits per heavy atom. The van der Waals surface area contributed by atoms with E-state index in [4.69, 9.17) is 0 Å². The maximum atomic E-state index is 15.6. The van der Waals surface area contributed by atoms with Crippen LogP contribution in [-0.2, 0) is 9.59 Å². The van der Waals surface area contributed by atoms with Crippen LogP contribution in [-0.4, -0.2) is 52.0 Å². The number of nitrogens with zero attached hydrogens (tertiary/aromatic N) is 1. The average molecular weight is 586 g/mol. The zero-order valence-electron chi connectivity index (χ0n) is 21.2. The number of aromatic amines is 1. The lowest BCUT2D eigenvalue weighted by Gasteiger charge is -2.33. The fraction of sp³-hybridized carbons (Fsp3) is 0.640. The molecule has 2 amide bonds. The number of imidazole rings is 1.